The molecule has 1 aliphatic heterocycles. The van der Waals surface area contributed by atoms with Gasteiger partial charge in [-0.15, -0.1) is 0 Å². The number of carbonyl (C=O) groups is 2. The molecule has 0 aromatic heterocycles. The Morgan fingerprint density at radius 1 is 1.07 bits per heavy atom. The topological polar surface area (TPSA) is 128 Å². The fraction of sp³-hybridized carbons (Fsp3) is 0.167. The van der Waals surface area contributed by atoms with Crippen molar-refractivity contribution in [2.45, 2.75) is 19.0 Å². The molecule has 0 saturated heterocycles. The minimum Gasteiger partial charge on any atom is -0.475 e. The molecular weight excluding hydrogens is 379 g/mol. The molecule has 10 heteroatoms. The van der Waals surface area contributed by atoms with Crippen LogP contribution >= 0.6 is 0 Å². The molecule has 28 heavy (non-hydrogen) atoms. The summed E-state index contributed by atoms with van der Waals surface area (Å²) in [6, 6.07) is 12.8. The number of rotatable bonds is 1. The second-order valence-electron chi connectivity index (χ2n) is 5.68. The maximum atomic E-state index is 12.2. The number of alkyl halides is 3. The van der Waals surface area contributed by atoms with Gasteiger partial charge >= 0.3 is 18.1 Å². The van der Waals surface area contributed by atoms with Crippen molar-refractivity contribution >= 4 is 23.6 Å². The fourth-order valence-electron chi connectivity index (χ4n) is 2.44. The molecule has 3 rings (SSSR count). The van der Waals surface area contributed by atoms with Crippen molar-refractivity contribution < 1.29 is 32.6 Å². The number of nitrogens with zero attached hydrogens (tertiary/aromatic N) is 1. The standard InChI is InChI=1S/C16H15N3O2.C2HF3O2/c17-16(18)19-12-7-8-13-11(9-12)6-5-10-3-1-2-4-14(10)21-15(13)20;3-2(4,5)1(6)7/h1-4,7-9H,5-6H2,(H4,17,18,19);(H,6,7). The van der Waals surface area contributed by atoms with Crippen LogP contribution in [0.2, 0.25) is 0 Å². The zero-order valence-corrected chi connectivity index (χ0v) is 14.4. The molecule has 2 aromatic rings. The number of carboxylic acid groups (broad SMARTS) is 1. The average molecular weight is 395 g/mol. The Bertz CT molecular complexity index is 923. The van der Waals surface area contributed by atoms with Gasteiger partial charge in [0.25, 0.3) is 0 Å². The molecule has 1 aliphatic rings. The summed E-state index contributed by atoms with van der Waals surface area (Å²) in [5.41, 5.74) is 13.9. The molecule has 0 unspecified atom stereocenters. The highest BCUT2D eigenvalue weighted by Gasteiger charge is 2.38. The van der Waals surface area contributed by atoms with Crippen molar-refractivity contribution in [3.05, 3.63) is 59.2 Å². The van der Waals surface area contributed by atoms with Gasteiger partial charge in [-0.25, -0.2) is 14.6 Å². The summed E-state index contributed by atoms with van der Waals surface area (Å²) in [6.07, 6.45) is -3.56. The second-order valence-corrected chi connectivity index (χ2v) is 5.68. The zero-order chi connectivity index (χ0) is 20.9. The molecule has 0 aliphatic carbocycles. The van der Waals surface area contributed by atoms with Crippen LogP contribution < -0.4 is 16.2 Å². The largest absolute Gasteiger partial charge is 0.490 e. The van der Waals surface area contributed by atoms with Gasteiger partial charge in [0.2, 0.25) is 0 Å². The molecule has 0 atom stereocenters. The predicted molar refractivity (Wildman–Crippen MR) is 94.4 cm³/mol. The van der Waals surface area contributed by atoms with Crippen LogP contribution in [0.15, 0.2) is 47.5 Å². The Morgan fingerprint density at radius 3 is 2.29 bits per heavy atom. The summed E-state index contributed by atoms with van der Waals surface area (Å²) in [7, 11) is 0. The number of hydrogen-bond donors (Lipinski definition) is 3. The number of carboxylic acids is 1. The minimum atomic E-state index is -5.08. The van der Waals surface area contributed by atoms with Gasteiger partial charge < -0.3 is 21.3 Å². The first-order valence-corrected chi connectivity index (χ1v) is 7.90. The third-order valence-corrected chi connectivity index (χ3v) is 3.65. The van der Waals surface area contributed by atoms with Crippen LogP contribution in [0, 0.1) is 0 Å². The van der Waals surface area contributed by atoms with E-state index in [2.05, 4.69) is 4.99 Å². The van der Waals surface area contributed by atoms with Crippen LogP contribution in [0.3, 0.4) is 0 Å². The van der Waals surface area contributed by atoms with Crippen LogP contribution in [0.4, 0.5) is 18.9 Å². The SMILES string of the molecule is NC(N)=Nc1ccc2c(c1)CCc1ccccc1OC2=O.O=C(O)C(F)(F)F. The molecule has 0 amide bonds. The molecular formula is C18H16F3N3O4. The van der Waals surface area contributed by atoms with E-state index in [-0.39, 0.29) is 11.9 Å². The van der Waals surface area contributed by atoms with E-state index in [1.54, 1.807) is 12.1 Å². The Hall–Kier alpha value is -3.56. The summed E-state index contributed by atoms with van der Waals surface area (Å²) < 4.78 is 37.2. The van der Waals surface area contributed by atoms with Crippen molar-refractivity contribution in [1.29, 1.82) is 0 Å². The van der Waals surface area contributed by atoms with Crippen molar-refractivity contribution in [3.63, 3.8) is 0 Å². The lowest BCUT2D eigenvalue weighted by atomic mass is 9.97. The number of aryl methyl sites for hydroxylation is 2. The summed E-state index contributed by atoms with van der Waals surface area (Å²) in [5.74, 6) is -2.49. The van der Waals surface area contributed by atoms with Gasteiger partial charge in [0, 0.05) is 0 Å². The number of nitrogens with two attached hydrogens (primary N) is 2. The number of carbonyl (C=O) groups excluding carboxylic acids is 1. The average Bonchev–Trinajstić information content (AvgIpc) is 2.59. The molecule has 7 nitrogen and oxygen atoms in total. The van der Waals surface area contributed by atoms with E-state index in [0.29, 0.717) is 17.0 Å². The van der Waals surface area contributed by atoms with Gasteiger partial charge in [-0.3, -0.25) is 0 Å². The normalized spacial score (nSPS) is 12.8. The van der Waals surface area contributed by atoms with Gasteiger partial charge in [0.1, 0.15) is 5.75 Å². The second kappa shape index (κ2) is 8.42. The lowest BCUT2D eigenvalue weighted by Gasteiger charge is -2.16. The number of fused-ring (bicyclic) bond motifs is 2. The summed E-state index contributed by atoms with van der Waals surface area (Å²) in [5, 5.41) is 7.12. The number of guanidine groups is 1. The Morgan fingerprint density at radius 2 is 1.68 bits per heavy atom. The molecule has 0 saturated carbocycles. The molecule has 1 heterocycles. The minimum absolute atomic E-state index is 0.00582. The number of esters is 1. The van der Waals surface area contributed by atoms with Crippen LogP contribution in [-0.2, 0) is 17.6 Å². The Balaban J connectivity index is 0.000000345. The van der Waals surface area contributed by atoms with Crippen molar-refractivity contribution in [2.75, 3.05) is 0 Å². The number of halogens is 3. The van der Waals surface area contributed by atoms with Crippen LogP contribution in [0.5, 0.6) is 5.75 Å². The zero-order valence-electron chi connectivity index (χ0n) is 14.4. The van der Waals surface area contributed by atoms with Crippen LogP contribution in [0.25, 0.3) is 0 Å². The van der Waals surface area contributed by atoms with Gasteiger partial charge in [-0.2, -0.15) is 13.2 Å². The summed E-state index contributed by atoms with van der Waals surface area (Å²) in [6.45, 7) is 0. The van der Waals surface area contributed by atoms with Crippen molar-refractivity contribution in [1.82, 2.24) is 0 Å². The summed E-state index contributed by atoms with van der Waals surface area (Å²) in [4.78, 5) is 25.2. The van der Waals surface area contributed by atoms with E-state index in [9.17, 15) is 18.0 Å². The Labute approximate surface area is 157 Å². The van der Waals surface area contributed by atoms with Gasteiger partial charge in [-0.05, 0) is 48.2 Å². The third kappa shape index (κ3) is 5.47. The quantitative estimate of drug-likeness (QED) is 0.295. The fourth-order valence-corrected chi connectivity index (χ4v) is 2.44. The summed E-state index contributed by atoms with van der Waals surface area (Å²) >= 11 is 0. The molecule has 0 spiro atoms. The highest BCUT2D eigenvalue weighted by Crippen LogP contribution is 2.27. The lowest BCUT2D eigenvalue weighted by Crippen LogP contribution is -2.22. The highest BCUT2D eigenvalue weighted by molar-refractivity contribution is 5.93. The Kier molecular flexibility index (Phi) is 6.24. The number of hydrogen-bond acceptors (Lipinski definition) is 4. The van der Waals surface area contributed by atoms with Gasteiger partial charge in [-0.1, -0.05) is 18.2 Å². The molecule has 148 valence electrons. The van der Waals surface area contributed by atoms with E-state index in [0.717, 1.165) is 24.0 Å². The van der Waals surface area contributed by atoms with Gasteiger partial charge in [0.15, 0.2) is 5.96 Å². The predicted octanol–water partition coefficient (Wildman–Crippen LogP) is 2.54. The van der Waals surface area contributed by atoms with E-state index in [1.165, 1.54) is 0 Å². The molecule has 0 bridgehead atoms. The molecule has 5 N–H and O–H groups in total. The number of aliphatic carboxylic acids is 1. The number of para-hydroxylation sites is 1. The van der Waals surface area contributed by atoms with Crippen molar-refractivity contribution in [2.24, 2.45) is 16.5 Å². The van der Waals surface area contributed by atoms with Gasteiger partial charge in [0.05, 0.1) is 11.3 Å². The third-order valence-electron chi connectivity index (χ3n) is 3.65. The van der Waals surface area contributed by atoms with E-state index >= 15 is 0 Å². The first-order valence-electron chi connectivity index (χ1n) is 7.90. The number of aliphatic imine (C=N–C) groups is 1. The maximum absolute atomic E-state index is 12.2. The van der Waals surface area contributed by atoms with Crippen LogP contribution in [0.1, 0.15) is 21.5 Å². The first kappa shape index (κ1) is 20.7. The van der Waals surface area contributed by atoms with E-state index in [4.69, 9.17) is 26.1 Å². The number of benzene rings is 2. The molecule has 0 radical (unpaired) electrons. The van der Waals surface area contributed by atoms with Crippen molar-refractivity contribution in [3.8, 4) is 5.75 Å². The number of ether oxygens (including phenoxy) is 1. The van der Waals surface area contributed by atoms with E-state index in [1.807, 2.05) is 30.3 Å². The smallest absolute Gasteiger partial charge is 0.475 e. The highest BCUT2D eigenvalue weighted by atomic mass is 19.4. The monoisotopic (exact) mass is 395 g/mol. The van der Waals surface area contributed by atoms with Crippen LogP contribution in [-0.4, -0.2) is 29.2 Å². The molecule has 2 aromatic carbocycles. The first-order chi connectivity index (χ1) is 13.1. The van der Waals surface area contributed by atoms with E-state index < -0.39 is 12.1 Å². The lowest BCUT2D eigenvalue weighted by molar-refractivity contribution is -0.192. The molecule has 0 fully saturated rings. The maximum Gasteiger partial charge on any atom is 0.490 e.